The molecule has 7 heteroatoms. The van der Waals surface area contributed by atoms with E-state index in [4.69, 9.17) is 4.74 Å². The van der Waals surface area contributed by atoms with E-state index in [1.54, 1.807) is 30.4 Å². The Morgan fingerprint density at radius 2 is 1.96 bits per heavy atom. The van der Waals surface area contributed by atoms with E-state index in [0.717, 1.165) is 38.0 Å². The van der Waals surface area contributed by atoms with E-state index in [1.165, 1.54) is 0 Å². The highest BCUT2D eigenvalue weighted by molar-refractivity contribution is 6.04. The summed E-state index contributed by atoms with van der Waals surface area (Å²) in [5, 5.41) is 2.84. The van der Waals surface area contributed by atoms with Crippen molar-refractivity contribution < 1.29 is 14.3 Å². The number of amides is 2. The van der Waals surface area contributed by atoms with Crippen LogP contribution in [0.1, 0.15) is 28.8 Å². The van der Waals surface area contributed by atoms with E-state index < -0.39 is 0 Å². The number of carbonyl (C=O) groups excluding carboxylic acids is 2. The standard InChI is InChI=1S/C21H24N4O3/c1-24-15-21(28-20(24)27)8-11-25(12-9-21)14-16-4-6-17(7-5-16)19(26)23-18-3-2-10-22-13-18/h2-7,10,13H,8-9,11-12,14-15H2,1H3,(H,23,26). The minimum atomic E-state index is -0.309. The fourth-order valence-electron chi connectivity index (χ4n) is 3.83. The highest BCUT2D eigenvalue weighted by atomic mass is 16.6. The van der Waals surface area contributed by atoms with Crippen molar-refractivity contribution in [3.63, 3.8) is 0 Å². The summed E-state index contributed by atoms with van der Waals surface area (Å²) in [5.41, 5.74) is 2.15. The van der Waals surface area contributed by atoms with Crippen molar-refractivity contribution in [2.75, 3.05) is 32.0 Å². The Morgan fingerprint density at radius 3 is 2.57 bits per heavy atom. The first-order valence-electron chi connectivity index (χ1n) is 9.50. The van der Waals surface area contributed by atoms with Gasteiger partial charge in [0.1, 0.15) is 5.60 Å². The zero-order chi connectivity index (χ0) is 19.6. The summed E-state index contributed by atoms with van der Waals surface area (Å²) >= 11 is 0. The van der Waals surface area contributed by atoms with Gasteiger partial charge in [0.05, 0.1) is 18.4 Å². The lowest BCUT2D eigenvalue weighted by Gasteiger charge is -2.37. The van der Waals surface area contributed by atoms with Gasteiger partial charge in [0.25, 0.3) is 5.91 Å². The zero-order valence-electron chi connectivity index (χ0n) is 15.9. The van der Waals surface area contributed by atoms with Crippen molar-refractivity contribution in [1.29, 1.82) is 0 Å². The molecule has 1 N–H and O–H groups in total. The predicted molar refractivity (Wildman–Crippen MR) is 105 cm³/mol. The van der Waals surface area contributed by atoms with Gasteiger partial charge in [-0.3, -0.25) is 14.7 Å². The van der Waals surface area contributed by atoms with Gasteiger partial charge in [0.2, 0.25) is 0 Å². The van der Waals surface area contributed by atoms with Gasteiger partial charge >= 0.3 is 6.09 Å². The molecule has 2 aliphatic rings. The van der Waals surface area contributed by atoms with Gasteiger partial charge in [-0.1, -0.05) is 12.1 Å². The second-order valence-electron chi connectivity index (χ2n) is 7.58. The van der Waals surface area contributed by atoms with Crippen LogP contribution in [0.4, 0.5) is 10.5 Å². The third-order valence-corrected chi connectivity index (χ3v) is 5.45. The molecule has 0 aliphatic carbocycles. The number of hydrogen-bond donors (Lipinski definition) is 1. The van der Waals surface area contributed by atoms with E-state index in [1.807, 2.05) is 30.3 Å². The number of aromatic nitrogens is 1. The van der Waals surface area contributed by atoms with Crippen LogP contribution in [-0.2, 0) is 11.3 Å². The van der Waals surface area contributed by atoms with Gasteiger partial charge in [-0.25, -0.2) is 4.79 Å². The third kappa shape index (κ3) is 3.99. The highest BCUT2D eigenvalue weighted by Crippen LogP contribution is 2.32. The van der Waals surface area contributed by atoms with Crippen LogP contribution in [0.3, 0.4) is 0 Å². The molecule has 3 heterocycles. The number of likely N-dealkylation sites (N-methyl/N-ethyl adjacent to an activating group) is 1. The number of nitrogens with zero attached hydrogens (tertiary/aromatic N) is 3. The van der Waals surface area contributed by atoms with Crippen LogP contribution in [0.25, 0.3) is 0 Å². The molecule has 0 saturated carbocycles. The summed E-state index contributed by atoms with van der Waals surface area (Å²) in [7, 11) is 1.79. The second kappa shape index (κ2) is 7.59. The monoisotopic (exact) mass is 380 g/mol. The van der Waals surface area contributed by atoms with E-state index in [9.17, 15) is 9.59 Å². The first-order chi connectivity index (χ1) is 13.5. The summed E-state index contributed by atoms with van der Waals surface area (Å²) < 4.78 is 5.60. The maximum Gasteiger partial charge on any atom is 0.410 e. The fourth-order valence-corrected chi connectivity index (χ4v) is 3.83. The number of likely N-dealkylation sites (tertiary alicyclic amines) is 1. The maximum atomic E-state index is 12.3. The van der Waals surface area contributed by atoms with Gasteiger partial charge in [0.15, 0.2) is 0 Å². The number of hydrogen-bond acceptors (Lipinski definition) is 5. The second-order valence-corrected chi connectivity index (χ2v) is 7.58. The molecular formula is C21H24N4O3. The van der Waals surface area contributed by atoms with Crippen LogP contribution < -0.4 is 5.32 Å². The van der Waals surface area contributed by atoms with Crippen LogP contribution in [0, 0.1) is 0 Å². The first-order valence-corrected chi connectivity index (χ1v) is 9.50. The molecule has 0 unspecified atom stereocenters. The molecule has 0 bridgehead atoms. The molecule has 28 heavy (non-hydrogen) atoms. The Balaban J connectivity index is 1.30. The predicted octanol–water partition coefficient (Wildman–Crippen LogP) is 2.75. The number of nitrogens with one attached hydrogen (secondary N) is 1. The Hall–Kier alpha value is -2.93. The molecule has 1 spiro atoms. The lowest BCUT2D eigenvalue weighted by Crippen LogP contribution is -2.46. The average Bonchev–Trinajstić information content (AvgIpc) is 2.98. The Bertz CT molecular complexity index is 846. The minimum Gasteiger partial charge on any atom is -0.441 e. The molecule has 2 saturated heterocycles. The van der Waals surface area contributed by atoms with Gasteiger partial charge < -0.3 is 15.0 Å². The molecule has 4 rings (SSSR count). The number of ether oxygens (including phenoxy) is 1. The molecule has 0 radical (unpaired) electrons. The van der Waals surface area contributed by atoms with Crippen LogP contribution in [0.15, 0.2) is 48.8 Å². The van der Waals surface area contributed by atoms with Crippen LogP contribution in [0.5, 0.6) is 0 Å². The fraction of sp³-hybridized carbons (Fsp3) is 0.381. The topological polar surface area (TPSA) is 74.8 Å². The molecule has 146 valence electrons. The smallest absolute Gasteiger partial charge is 0.410 e. The van der Waals surface area contributed by atoms with Crippen molar-refractivity contribution in [2.45, 2.75) is 25.0 Å². The van der Waals surface area contributed by atoms with Gasteiger partial charge in [-0.05, 0) is 29.8 Å². The lowest BCUT2D eigenvalue weighted by molar-refractivity contribution is -0.00120. The highest BCUT2D eigenvalue weighted by Gasteiger charge is 2.45. The summed E-state index contributed by atoms with van der Waals surface area (Å²) in [6.45, 7) is 3.29. The summed E-state index contributed by atoms with van der Waals surface area (Å²) in [5.74, 6) is -0.147. The number of piperidine rings is 1. The molecular weight excluding hydrogens is 356 g/mol. The number of anilines is 1. The van der Waals surface area contributed by atoms with E-state index >= 15 is 0 Å². The van der Waals surface area contributed by atoms with E-state index in [0.29, 0.717) is 17.8 Å². The SMILES string of the molecule is CN1CC2(CCN(Cc3ccc(C(=O)Nc4cccnc4)cc3)CC2)OC1=O. The normalized spacial score (nSPS) is 18.9. The van der Waals surface area contributed by atoms with Crippen molar-refractivity contribution in [2.24, 2.45) is 0 Å². The summed E-state index contributed by atoms with van der Waals surface area (Å²) in [6, 6.07) is 11.3. The maximum absolute atomic E-state index is 12.3. The number of rotatable bonds is 4. The van der Waals surface area contributed by atoms with Crippen molar-refractivity contribution >= 4 is 17.7 Å². The van der Waals surface area contributed by atoms with Crippen LogP contribution in [-0.4, -0.2) is 59.1 Å². The molecule has 2 aromatic rings. The zero-order valence-corrected chi connectivity index (χ0v) is 15.9. The average molecular weight is 380 g/mol. The first kappa shape index (κ1) is 18.4. The lowest BCUT2D eigenvalue weighted by atomic mass is 9.91. The Morgan fingerprint density at radius 1 is 1.21 bits per heavy atom. The third-order valence-electron chi connectivity index (χ3n) is 5.45. The molecule has 1 aromatic carbocycles. The summed E-state index contributed by atoms with van der Waals surface area (Å²) in [4.78, 5) is 32.0. The van der Waals surface area contributed by atoms with Crippen molar-refractivity contribution in [3.8, 4) is 0 Å². The molecule has 2 aliphatic heterocycles. The van der Waals surface area contributed by atoms with E-state index in [-0.39, 0.29) is 17.6 Å². The molecule has 0 atom stereocenters. The van der Waals surface area contributed by atoms with Gasteiger partial charge in [-0.2, -0.15) is 0 Å². The van der Waals surface area contributed by atoms with Crippen molar-refractivity contribution in [1.82, 2.24) is 14.8 Å². The van der Waals surface area contributed by atoms with Gasteiger partial charge in [0, 0.05) is 51.3 Å². The van der Waals surface area contributed by atoms with Crippen LogP contribution in [0.2, 0.25) is 0 Å². The molecule has 7 nitrogen and oxygen atoms in total. The number of benzene rings is 1. The number of pyridine rings is 1. The van der Waals surface area contributed by atoms with Gasteiger partial charge in [-0.15, -0.1) is 0 Å². The largest absolute Gasteiger partial charge is 0.441 e. The summed E-state index contributed by atoms with van der Waals surface area (Å²) in [6.07, 6.45) is 4.79. The number of carbonyl (C=O) groups is 2. The van der Waals surface area contributed by atoms with E-state index in [2.05, 4.69) is 15.2 Å². The Kier molecular flexibility index (Phi) is 5.00. The molecule has 1 aromatic heterocycles. The Labute approximate surface area is 164 Å². The molecule has 2 amide bonds. The minimum absolute atomic E-state index is 0.147. The van der Waals surface area contributed by atoms with Crippen LogP contribution >= 0.6 is 0 Å². The molecule has 2 fully saturated rings. The quantitative estimate of drug-likeness (QED) is 0.883. The van der Waals surface area contributed by atoms with Crippen molar-refractivity contribution in [3.05, 3.63) is 59.9 Å².